The highest BCUT2D eigenvalue weighted by Crippen LogP contribution is 2.28. The molecule has 1 atom stereocenters. The summed E-state index contributed by atoms with van der Waals surface area (Å²) in [6.45, 7) is 3.21. The molecule has 0 aliphatic rings. The molecule has 0 aliphatic carbocycles. The number of ether oxygens (including phenoxy) is 2. The molecule has 26 heavy (non-hydrogen) atoms. The highest BCUT2D eigenvalue weighted by atomic mass is 35.5. The van der Waals surface area contributed by atoms with E-state index in [0.29, 0.717) is 16.5 Å². The third-order valence-corrected chi connectivity index (χ3v) is 3.78. The number of carbonyl (C=O) groups excluding carboxylic acids is 2. The minimum atomic E-state index is -0.883. The Morgan fingerprint density at radius 1 is 1.12 bits per heavy atom. The number of hydrazine groups is 1. The minimum absolute atomic E-state index is 0.234. The summed E-state index contributed by atoms with van der Waals surface area (Å²) >= 11 is 11.8. The lowest BCUT2D eigenvalue weighted by atomic mass is 10.2. The van der Waals surface area contributed by atoms with Gasteiger partial charge in [-0.1, -0.05) is 35.3 Å². The summed E-state index contributed by atoms with van der Waals surface area (Å²) in [6.07, 6.45) is -0.883. The lowest BCUT2D eigenvalue weighted by Gasteiger charge is -2.16. The topological polar surface area (TPSA) is 76.7 Å². The van der Waals surface area contributed by atoms with Gasteiger partial charge in [-0.3, -0.25) is 20.4 Å². The fourth-order valence-corrected chi connectivity index (χ4v) is 2.39. The van der Waals surface area contributed by atoms with Gasteiger partial charge in [0.15, 0.2) is 12.7 Å². The van der Waals surface area contributed by atoms with E-state index >= 15 is 0 Å². The molecule has 0 aromatic heterocycles. The molecule has 0 heterocycles. The van der Waals surface area contributed by atoms with Crippen LogP contribution in [-0.4, -0.2) is 24.5 Å². The van der Waals surface area contributed by atoms with Crippen molar-refractivity contribution in [1.82, 2.24) is 10.9 Å². The quantitative estimate of drug-likeness (QED) is 0.734. The molecule has 2 aromatic rings. The van der Waals surface area contributed by atoms with Gasteiger partial charge in [-0.25, -0.2) is 0 Å². The highest BCUT2D eigenvalue weighted by Gasteiger charge is 2.17. The molecule has 138 valence electrons. The van der Waals surface area contributed by atoms with Gasteiger partial charge in [0.25, 0.3) is 11.8 Å². The first-order valence-corrected chi connectivity index (χ1v) is 8.50. The lowest BCUT2D eigenvalue weighted by Crippen LogP contribution is -2.48. The first-order chi connectivity index (χ1) is 12.3. The molecule has 6 nitrogen and oxygen atoms in total. The van der Waals surface area contributed by atoms with E-state index in [1.54, 1.807) is 24.3 Å². The van der Waals surface area contributed by atoms with Crippen LogP contribution in [0.2, 0.25) is 10.0 Å². The van der Waals surface area contributed by atoms with Crippen molar-refractivity contribution in [2.45, 2.75) is 20.0 Å². The second kappa shape index (κ2) is 9.31. The van der Waals surface area contributed by atoms with Crippen LogP contribution in [0.3, 0.4) is 0 Å². The second-order valence-corrected chi connectivity index (χ2v) is 6.32. The van der Waals surface area contributed by atoms with E-state index in [9.17, 15) is 9.59 Å². The Hall–Kier alpha value is -2.44. The van der Waals surface area contributed by atoms with Crippen LogP contribution in [0.4, 0.5) is 0 Å². The van der Waals surface area contributed by atoms with E-state index in [-0.39, 0.29) is 11.6 Å². The predicted octanol–water partition coefficient (Wildman–Crippen LogP) is 3.30. The number of aryl methyl sites for hydroxylation is 1. The van der Waals surface area contributed by atoms with Crippen molar-refractivity contribution in [2.75, 3.05) is 6.61 Å². The number of halogens is 2. The molecular weight excluding hydrogens is 379 g/mol. The molecule has 0 radical (unpaired) electrons. The van der Waals surface area contributed by atoms with Crippen molar-refractivity contribution in [1.29, 1.82) is 0 Å². The second-order valence-electron chi connectivity index (χ2n) is 5.48. The van der Waals surface area contributed by atoms with Crippen LogP contribution in [0.15, 0.2) is 42.5 Å². The molecule has 0 spiro atoms. The van der Waals surface area contributed by atoms with Gasteiger partial charge in [0.05, 0.1) is 5.02 Å². The Kier molecular flexibility index (Phi) is 7.12. The number of hydrogen-bond donors (Lipinski definition) is 2. The zero-order valence-electron chi connectivity index (χ0n) is 14.2. The van der Waals surface area contributed by atoms with E-state index in [1.165, 1.54) is 13.0 Å². The van der Waals surface area contributed by atoms with Crippen LogP contribution < -0.4 is 20.3 Å². The first-order valence-electron chi connectivity index (χ1n) is 7.75. The average Bonchev–Trinajstić information content (AvgIpc) is 2.60. The summed E-state index contributed by atoms with van der Waals surface area (Å²) in [4.78, 5) is 23.7. The van der Waals surface area contributed by atoms with Gasteiger partial charge < -0.3 is 9.47 Å². The van der Waals surface area contributed by atoms with Gasteiger partial charge >= 0.3 is 0 Å². The van der Waals surface area contributed by atoms with Gasteiger partial charge in [0, 0.05) is 5.02 Å². The summed E-state index contributed by atoms with van der Waals surface area (Å²) in [6, 6.07) is 11.9. The maximum Gasteiger partial charge on any atom is 0.279 e. The minimum Gasteiger partial charge on any atom is -0.484 e. The molecule has 0 saturated carbocycles. The van der Waals surface area contributed by atoms with Crippen LogP contribution in [0.5, 0.6) is 11.5 Å². The maximum atomic E-state index is 12.0. The summed E-state index contributed by atoms with van der Waals surface area (Å²) in [5, 5.41) is 0.744. The number of carbonyl (C=O) groups is 2. The molecule has 2 amide bonds. The number of nitrogens with one attached hydrogen (secondary N) is 2. The Labute approximate surface area is 161 Å². The summed E-state index contributed by atoms with van der Waals surface area (Å²) in [5.41, 5.74) is 5.55. The van der Waals surface area contributed by atoms with Gasteiger partial charge in [-0.15, -0.1) is 0 Å². The van der Waals surface area contributed by atoms with Gasteiger partial charge in [-0.05, 0) is 49.7 Å². The largest absolute Gasteiger partial charge is 0.484 e. The third-order valence-electron chi connectivity index (χ3n) is 3.25. The molecule has 0 fully saturated rings. The van der Waals surface area contributed by atoms with Crippen LogP contribution >= 0.6 is 23.2 Å². The monoisotopic (exact) mass is 396 g/mol. The van der Waals surface area contributed by atoms with Gasteiger partial charge in [0.1, 0.15) is 11.5 Å². The molecule has 8 heteroatoms. The lowest BCUT2D eigenvalue weighted by molar-refractivity contribution is -0.133. The predicted molar refractivity (Wildman–Crippen MR) is 99.5 cm³/mol. The Bertz CT molecular complexity index is 799. The van der Waals surface area contributed by atoms with Crippen LogP contribution in [0, 0.1) is 6.92 Å². The van der Waals surface area contributed by atoms with E-state index in [1.807, 2.05) is 19.1 Å². The van der Waals surface area contributed by atoms with Gasteiger partial charge in [-0.2, -0.15) is 0 Å². The molecule has 2 N–H and O–H groups in total. The average molecular weight is 397 g/mol. The van der Waals surface area contributed by atoms with Crippen LogP contribution in [0.1, 0.15) is 12.5 Å². The van der Waals surface area contributed by atoms with Crippen LogP contribution in [0.25, 0.3) is 0 Å². The summed E-state index contributed by atoms with van der Waals surface area (Å²) < 4.78 is 10.8. The Morgan fingerprint density at radius 3 is 2.58 bits per heavy atom. The first kappa shape index (κ1) is 19.9. The molecule has 2 aromatic carbocycles. The van der Waals surface area contributed by atoms with Crippen molar-refractivity contribution in [3.05, 3.63) is 58.1 Å². The maximum absolute atomic E-state index is 12.0. The molecule has 0 bridgehead atoms. The van der Waals surface area contributed by atoms with E-state index in [4.69, 9.17) is 32.7 Å². The van der Waals surface area contributed by atoms with Crippen molar-refractivity contribution in [3.8, 4) is 11.5 Å². The van der Waals surface area contributed by atoms with E-state index < -0.39 is 17.9 Å². The van der Waals surface area contributed by atoms with Gasteiger partial charge in [0.2, 0.25) is 0 Å². The molecule has 0 unspecified atom stereocenters. The number of rotatable bonds is 6. The van der Waals surface area contributed by atoms with Crippen LogP contribution in [-0.2, 0) is 9.59 Å². The molecule has 0 saturated heterocycles. The Balaban J connectivity index is 1.77. The normalized spacial score (nSPS) is 11.4. The standard InChI is InChI=1S/C18H18Cl2N2O4/c1-11-4-3-5-14(8-11)25-10-17(23)21-22-18(24)12(2)26-16-7-6-13(19)9-15(16)20/h3-9,12H,10H2,1-2H3,(H,21,23)(H,22,24)/t12-/m0/s1. The molecular formula is C18H18Cl2N2O4. The SMILES string of the molecule is Cc1cccc(OCC(=O)NNC(=O)[C@H](C)Oc2ccc(Cl)cc2Cl)c1. The number of hydrogen-bond acceptors (Lipinski definition) is 4. The molecule has 0 aliphatic heterocycles. The fraction of sp³-hybridized carbons (Fsp3) is 0.222. The van der Waals surface area contributed by atoms with E-state index in [2.05, 4.69) is 10.9 Å². The number of amides is 2. The summed E-state index contributed by atoms with van der Waals surface area (Å²) in [5.74, 6) is -0.162. The van der Waals surface area contributed by atoms with E-state index in [0.717, 1.165) is 5.56 Å². The number of benzene rings is 2. The zero-order valence-corrected chi connectivity index (χ0v) is 15.7. The fourth-order valence-electron chi connectivity index (χ4n) is 1.94. The Morgan fingerprint density at radius 2 is 1.88 bits per heavy atom. The van der Waals surface area contributed by atoms with Crippen molar-refractivity contribution < 1.29 is 19.1 Å². The van der Waals surface area contributed by atoms with Crippen molar-refractivity contribution in [3.63, 3.8) is 0 Å². The molecule has 2 rings (SSSR count). The van der Waals surface area contributed by atoms with Crippen molar-refractivity contribution >= 4 is 35.0 Å². The highest BCUT2D eigenvalue weighted by molar-refractivity contribution is 6.35. The zero-order chi connectivity index (χ0) is 19.1. The summed E-state index contributed by atoms with van der Waals surface area (Å²) in [7, 11) is 0. The third kappa shape index (κ3) is 6.13. The van der Waals surface area contributed by atoms with Crippen molar-refractivity contribution in [2.24, 2.45) is 0 Å². The smallest absolute Gasteiger partial charge is 0.279 e.